The van der Waals surface area contributed by atoms with Gasteiger partial charge in [-0.05, 0) is 43.4 Å². The summed E-state index contributed by atoms with van der Waals surface area (Å²) in [5.41, 5.74) is 8.13. The molecule has 0 saturated heterocycles. The molecule has 2 rings (SSSR count). The first-order valence-electron chi connectivity index (χ1n) is 6.72. The minimum Gasteiger partial charge on any atom is -0.459 e. The first-order valence-corrected chi connectivity index (χ1v) is 6.72. The van der Waals surface area contributed by atoms with E-state index in [-0.39, 0.29) is 17.3 Å². The maximum atomic E-state index is 13.3. The first-order chi connectivity index (χ1) is 8.78. The molecule has 0 fully saturated rings. The monoisotopic (exact) mass is 263 g/mol. The molecule has 0 spiro atoms. The topological polar surface area (TPSA) is 39.2 Å². The van der Waals surface area contributed by atoms with Crippen LogP contribution in [0.25, 0.3) is 11.0 Å². The van der Waals surface area contributed by atoms with E-state index in [1.54, 1.807) is 6.07 Å². The highest BCUT2D eigenvalue weighted by Gasteiger charge is 2.20. The molecule has 1 heterocycles. The predicted octanol–water partition coefficient (Wildman–Crippen LogP) is 4.71. The summed E-state index contributed by atoms with van der Waals surface area (Å²) >= 11 is 0. The van der Waals surface area contributed by atoms with E-state index in [1.165, 1.54) is 12.1 Å². The molecule has 2 N–H and O–H groups in total. The molecule has 0 aliphatic heterocycles. The van der Waals surface area contributed by atoms with Crippen molar-refractivity contribution in [1.29, 1.82) is 0 Å². The molecule has 0 bridgehead atoms. The molecule has 0 amide bonds. The molecule has 0 aliphatic carbocycles. The van der Waals surface area contributed by atoms with E-state index in [4.69, 9.17) is 10.2 Å². The highest BCUT2D eigenvalue weighted by Crippen LogP contribution is 2.33. The van der Waals surface area contributed by atoms with E-state index in [9.17, 15) is 4.39 Å². The lowest BCUT2D eigenvalue weighted by Gasteiger charge is -2.20. The van der Waals surface area contributed by atoms with Crippen molar-refractivity contribution in [2.45, 2.75) is 46.6 Å². The van der Waals surface area contributed by atoms with Crippen LogP contribution in [0.5, 0.6) is 0 Å². The van der Waals surface area contributed by atoms with Gasteiger partial charge >= 0.3 is 0 Å². The van der Waals surface area contributed by atoms with E-state index in [1.807, 2.05) is 6.92 Å². The van der Waals surface area contributed by atoms with Crippen molar-refractivity contribution in [1.82, 2.24) is 0 Å². The minimum atomic E-state index is -0.244. The minimum absolute atomic E-state index is 0.130. The Morgan fingerprint density at radius 2 is 2.00 bits per heavy atom. The molecular formula is C16H22FNO. The van der Waals surface area contributed by atoms with Crippen LogP contribution in [0.3, 0.4) is 0 Å². The van der Waals surface area contributed by atoms with Gasteiger partial charge in [0, 0.05) is 10.9 Å². The van der Waals surface area contributed by atoms with Gasteiger partial charge in [0.1, 0.15) is 17.2 Å². The third kappa shape index (κ3) is 3.16. The summed E-state index contributed by atoms with van der Waals surface area (Å²) in [6.45, 7) is 8.53. The maximum Gasteiger partial charge on any atom is 0.134 e. The molecule has 19 heavy (non-hydrogen) atoms. The largest absolute Gasteiger partial charge is 0.459 e. The van der Waals surface area contributed by atoms with Crippen LogP contribution < -0.4 is 5.73 Å². The number of benzene rings is 1. The molecule has 0 saturated carbocycles. The summed E-state index contributed by atoms with van der Waals surface area (Å²) in [4.78, 5) is 0. The van der Waals surface area contributed by atoms with E-state index in [2.05, 4.69) is 20.8 Å². The van der Waals surface area contributed by atoms with Gasteiger partial charge in [-0.1, -0.05) is 20.8 Å². The van der Waals surface area contributed by atoms with E-state index >= 15 is 0 Å². The number of furan rings is 1. The van der Waals surface area contributed by atoms with Crippen LogP contribution in [0.1, 0.15) is 51.0 Å². The molecule has 1 atom stereocenters. The standard InChI is InChI=1S/C16H22FNO/c1-10-12-9-11(17)5-6-14(12)19-15(10)13(18)7-8-16(2,3)4/h5-6,9,13H,7-8,18H2,1-4H3. The van der Waals surface area contributed by atoms with Gasteiger partial charge in [-0.3, -0.25) is 0 Å². The Hall–Kier alpha value is -1.35. The van der Waals surface area contributed by atoms with Gasteiger partial charge in [0.15, 0.2) is 0 Å². The summed E-state index contributed by atoms with van der Waals surface area (Å²) in [6.07, 6.45) is 1.89. The number of hydrogen-bond acceptors (Lipinski definition) is 2. The fourth-order valence-electron chi connectivity index (χ4n) is 2.29. The Bertz CT molecular complexity index is 580. The molecule has 2 nitrogen and oxygen atoms in total. The number of halogens is 1. The normalized spacial score (nSPS) is 14.0. The van der Waals surface area contributed by atoms with Crippen LogP contribution in [0, 0.1) is 18.2 Å². The molecular weight excluding hydrogens is 241 g/mol. The summed E-state index contributed by atoms with van der Waals surface area (Å²) in [5, 5.41) is 0.821. The second-order valence-corrected chi connectivity index (χ2v) is 6.44. The average Bonchev–Trinajstić information content (AvgIpc) is 2.63. The van der Waals surface area contributed by atoms with Crippen LogP contribution in [0.15, 0.2) is 22.6 Å². The number of aryl methyl sites for hydroxylation is 1. The van der Waals surface area contributed by atoms with Crippen molar-refractivity contribution in [3.8, 4) is 0 Å². The summed E-state index contributed by atoms with van der Waals surface area (Å²) in [5.74, 6) is 0.538. The first kappa shape index (κ1) is 14.1. The van der Waals surface area contributed by atoms with Crippen LogP contribution >= 0.6 is 0 Å². The van der Waals surface area contributed by atoms with Crippen molar-refractivity contribution in [2.24, 2.45) is 11.1 Å². The number of nitrogens with two attached hydrogens (primary N) is 1. The van der Waals surface area contributed by atoms with Crippen LogP contribution in [0.2, 0.25) is 0 Å². The zero-order valence-corrected chi connectivity index (χ0v) is 12.1. The predicted molar refractivity (Wildman–Crippen MR) is 76.5 cm³/mol. The van der Waals surface area contributed by atoms with Crippen LogP contribution in [-0.4, -0.2) is 0 Å². The molecule has 0 aliphatic rings. The Kier molecular flexibility index (Phi) is 3.68. The van der Waals surface area contributed by atoms with E-state index in [0.717, 1.165) is 29.6 Å². The highest BCUT2D eigenvalue weighted by atomic mass is 19.1. The fourth-order valence-corrected chi connectivity index (χ4v) is 2.29. The summed E-state index contributed by atoms with van der Waals surface area (Å²) < 4.78 is 19.0. The van der Waals surface area contributed by atoms with Crippen LogP contribution in [0.4, 0.5) is 4.39 Å². The van der Waals surface area contributed by atoms with Gasteiger partial charge in [-0.15, -0.1) is 0 Å². The zero-order chi connectivity index (χ0) is 14.2. The Morgan fingerprint density at radius 3 is 2.63 bits per heavy atom. The van der Waals surface area contributed by atoms with Gasteiger partial charge in [-0.2, -0.15) is 0 Å². The zero-order valence-electron chi connectivity index (χ0n) is 12.1. The van der Waals surface area contributed by atoms with E-state index < -0.39 is 0 Å². The lowest BCUT2D eigenvalue weighted by molar-refractivity contribution is 0.337. The molecule has 2 aromatic rings. The third-order valence-corrected chi connectivity index (χ3v) is 3.48. The number of hydrogen-bond donors (Lipinski definition) is 1. The van der Waals surface area contributed by atoms with Crippen molar-refractivity contribution < 1.29 is 8.81 Å². The summed E-state index contributed by atoms with van der Waals surface area (Å²) in [7, 11) is 0. The molecule has 1 aromatic heterocycles. The van der Waals surface area contributed by atoms with Gasteiger partial charge in [0.05, 0.1) is 6.04 Å². The quantitative estimate of drug-likeness (QED) is 0.871. The van der Waals surface area contributed by atoms with Crippen molar-refractivity contribution >= 4 is 11.0 Å². The molecule has 3 heteroatoms. The Balaban J connectivity index is 2.27. The van der Waals surface area contributed by atoms with Gasteiger partial charge in [0.25, 0.3) is 0 Å². The number of fused-ring (bicyclic) bond motifs is 1. The van der Waals surface area contributed by atoms with Crippen molar-refractivity contribution in [3.63, 3.8) is 0 Å². The smallest absolute Gasteiger partial charge is 0.134 e. The molecule has 1 unspecified atom stereocenters. The molecule has 0 radical (unpaired) electrons. The number of rotatable bonds is 3. The Labute approximate surface area is 113 Å². The van der Waals surface area contributed by atoms with Gasteiger partial charge < -0.3 is 10.2 Å². The molecule has 104 valence electrons. The van der Waals surface area contributed by atoms with E-state index in [0.29, 0.717) is 5.58 Å². The van der Waals surface area contributed by atoms with Crippen LogP contribution in [-0.2, 0) is 0 Å². The Morgan fingerprint density at radius 1 is 1.32 bits per heavy atom. The lowest BCUT2D eigenvalue weighted by atomic mass is 9.88. The maximum absolute atomic E-state index is 13.3. The lowest BCUT2D eigenvalue weighted by Crippen LogP contribution is -2.14. The van der Waals surface area contributed by atoms with Crippen molar-refractivity contribution in [2.75, 3.05) is 0 Å². The second-order valence-electron chi connectivity index (χ2n) is 6.44. The third-order valence-electron chi connectivity index (χ3n) is 3.48. The highest BCUT2D eigenvalue weighted by molar-refractivity contribution is 5.82. The SMILES string of the molecule is Cc1c(C(N)CCC(C)(C)C)oc2ccc(F)cc12. The fraction of sp³-hybridized carbons (Fsp3) is 0.500. The van der Waals surface area contributed by atoms with Crippen molar-refractivity contribution in [3.05, 3.63) is 35.3 Å². The molecule has 1 aromatic carbocycles. The average molecular weight is 263 g/mol. The van der Waals surface area contributed by atoms with Gasteiger partial charge in [0.2, 0.25) is 0 Å². The van der Waals surface area contributed by atoms with Gasteiger partial charge in [-0.25, -0.2) is 4.39 Å². The second kappa shape index (κ2) is 4.97. The summed E-state index contributed by atoms with van der Waals surface area (Å²) in [6, 6.07) is 4.45.